The van der Waals surface area contributed by atoms with Gasteiger partial charge in [-0.3, -0.25) is 4.79 Å². The predicted molar refractivity (Wildman–Crippen MR) is 133 cm³/mol. The Morgan fingerprint density at radius 2 is 1.52 bits per heavy atom. The molecule has 5 rings (SSSR count). The van der Waals surface area contributed by atoms with E-state index in [0.29, 0.717) is 11.6 Å². The van der Waals surface area contributed by atoms with Crippen LogP contribution in [-0.2, 0) is 6.42 Å². The molecule has 0 unspecified atom stereocenters. The fraction of sp³-hybridized carbons (Fsp3) is 0.241. The van der Waals surface area contributed by atoms with E-state index in [1.54, 1.807) is 4.68 Å². The molecule has 1 saturated heterocycles. The lowest BCUT2D eigenvalue weighted by Crippen LogP contribution is -2.39. The Bertz CT molecular complexity index is 1200. The molecule has 0 aliphatic carbocycles. The summed E-state index contributed by atoms with van der Waals surface area (Å²) in [6, 6.07) is 30.8. The van der Waals surface area contributed by atoms with Gasteiger partial charge in [0.25, 0.3) is 5.91 Å². The monoisotopic (exact) mass is 435 g/mol. The minimum atomic E-state index is 0.0587. The quantitative estimate of drug-likeness (QED) is 0.389. The Balaban J connectivity index is 1.38. The zero-order valence-corrected chi connectivity index (χ0v) is 19.0. The molecule has 4 heteroatoms. The third-order valence-electron chi connectivity index (χ3n) is 6.55. The van der Waals surface area contributed by atoms with E-state index in [-0.39, 0.29) is 5.91 Å². The van der Waals surface area contributed by atoms with Gasteiger partial charge in [-0.15, -0.1) is 0 Å². The summed E-state index contributed by atoms with van der Waals surface area (Å²) in [7, 11) is 0. The van der Waals surface area contributed by atoms with Crippen LogP contribution in [0.1, 0.15) is 34.5 Å². The molecule has 0 saturated carbocycles. The normalized spacial score (nSPS) is 14.4. The van der Waals surface area contributed by atoms with Gasteiger partial charge in [-0.2, -0.15) is 5.10 Å². The second-order valence-corrected chi connectivity index (χ2v) is 8.95. The molecule has 1 aromatic heterocycles. The van der Waals surface area contributed by atoms with Crippen molar-refractivity contribution in [2.24, 2.45) is 5.92 Å². The highest BCUT2D eigenvalue weighted by Crippen LogP contribution is 2.26. The number of hydrogen-bond donors (Lipinski definition) is 0. The molecule has 0 bridgehead atoms. The summed E-state index contributed by atoms with van der Waals surface area (Å²) in [5.74, 6) is 0.682. The van der Waals surface area contributed by atoms with Crippen LogP contribution in [0.4, 0.5) is 0 Å². The van der Waals surface area contributed by atoms with Gasteiger partial charge in [0, 0.05) is 18.7 Å². The molecule has 1 amide bonds. The highest BCUT2D eigenvalue weighted by molar-refractivity contribution is 5.94. The van der Waals surface area contributed by atoms with Crippen molar-refractivity contribution in [1.82, 2.24) is 14.7 Å². The van der Waals surface area contributed by atoms with Gasteiger partial charge in [-0.1, -0.05) is 78.4 Å². The zero-order valence-electron chi connectivity index (χ0n) is 19.0. The van der Waals surface area contributed by atoms with Crippen molar-refractivity contribution in [1.29, 1.82) is 0 Å². The first-order chi connectivity index (χ1) is 16.2. The van der Waals surface area contributed by atoms with E-state index in [1.807, 2.05) is 53.4 Å². The van der Waals surface area contributed by atoms with E-state index in [9.17, 15) is 4.79 Å². The molecule has 0 spiro atoms. The molecule has 0 atom stereocenters. The Morgan fingerprint density at radius 1 is 0.879 bits per heavy atom. The van der Waals surface area contributed by atoms with E-state index in [1.165, 1.54) is 11.1 Å². The molecule has 1 aliphatic heterocycles. The van der Waals surface area contributed by atoms with Crippen LogP contribution >= 0.6 is 0 Å². The van der Waals surface area contributed by atoms with Crippen LogP contribution in [0.15, 0.2) is 91.0 Å². The largest absolute Gasteiger partial charge is 0.337 e. The van der Waals surface area contributed by atoms with Gasteiger partial charge in [-0.05, 0) is 55.9 Å². The van der Waals surface area contributed by atoms with Crippen LogP contribution in [0, 0.1) is 12.8 Å². The van der Waals surface area contributed by atoms with Crippen molar-refractivity contribution in [3.63, 3.8) is 0 Å². The summed E-state index contributed by atoms with van der Waals surface area (Å²) in [4.78, 5) is 15.6. The van der Waals surface area contributed by atoms with E-state index in [2.05, 4.69) is 49.4 Å². The molecule has 4 aromatic rings. The molecule has 4 nitrogen and oxygen atoms in total. The summed E-state index contributed by atoms with van der Waals surface area (Å²) >= 11 is 0. The van der Waals surface area contributed by atoms with Gasteiger partial charge in [-0.25, -0.2) is 4.68 Å². The molecule has 0 radical (unpaired) electrons. The number of hydrogen-bond acceptors (Lipinski definition) is 2. The fourth-order valence-corrected chi connectivity index (χ4v) is 4.62. The van der Waals surface area contributed by atoms with Crippen molar-refractivity contribution >= 4 is 5.91 Å². The third-order valence-corrected chi connectivity index (χ3v) is 6.55. The van der Waals surface area contributed by atoms with Gasteiger partial charge in [0.15, 0.2) is 0 Å². The van der Waals surface area contributed by atoms with Crippen LogP contribution in [0.2, 0.25) is 0 Å². The average molecular weight is 436 g/mol. The molecular weight excluding hydrogens is 406 g/mol. The standard InChI is InChI=1S/C29H29N3O/c1-22-12-14-26(15-13-22)32-28(21-27(30-32)25-10-6-3-7-11-25)29(33)31-18-16-24(17-19-31)20-23-8-4-2-5-9-23/h2-15,21,24H,16-20H2,1H3. The lowest BCUT2D eigenvalue weighted by Gasteiger charge is -2.32. The summed E-state index contributed by atoms with van der Waals surface area (Å²) < 4.78 is 1.81. The van der Waals surface area contributed by atoms with Crippen LogP contribution in [0.25, 0.3) is 16.9 Å². The maximum Gasteiger partial charge on any atom is 0.272 e. The first kappa shape index (κ1) is 21.2. The second-order valence-electron chi connectivity index (χ2n) is 8.95. The average Bonchev–Trinajstić information content (AvgIpc) is 3.31. The maximum atomic E-state index is 13.6. The highest BCUT2D eigenvalue weighted by Gasteiger charge is 2.27. The second kappa shape index (κ2) is 9.45. The van der Waals surface area contributed by atoms with Gasteiger partial charge in [0.05, 0.1) is 11.4 Å². The van der Waals surface area contributed by atoms with Crippen molar-refractivity contribution in [3.05, 3.63) is 108 Å². The lowest BCUT2D eigenvalue weighted by molar-refractivity contribution is 0.0681. The number of rotatable bonds is 5. The number of carbonyl (C=O) groups excluding carboxylic acids is 1. The number of aryl methyl sites for hydroxylation is 1. The number of piperidine rings is 1. The fourth-order valence-electron chi connectivity index (χ4n) is 4.62. The maximum absolute atomic E-state index is 13.6. The van der Waals surface area contributed by atoms with Crippen molar-refractivity contribution in [2.45, 2.75) is 26.2 Å². The summed E-state index contributed by atoms with van der Waals surface area (Å²) in [6.45, 7) is 3.64. The van der Waals surface area contributed by atoms with Crippen LogP contribution in [-0.4, -0.2) is 33.7 Å². The van der Waals surface area contributed by atoms with Crippen LogP contribution < -0.4 is 0 Å². The van der Waals surface area contributed by atoms with Crippen LogP contribution in [0.5, 0.6) is 0 Å². The van der Waals surface area contributed by atoms with Crippen molar-refractivity contribution in [2.75, 3.05) is 13.1 Å². The van der Waals surface area contributed by atoms with Gasteiger partial charge < -0.3 is 4.90 Å². The lowest BCUT2D eigenvalue weighted by atomic mass is 9.90. The summed E-state index contributed by atoms with van der Waals surface area (Å²) in [5.41, 5.74) is 5.93. The molecule has 0 N–H and O–H groups in total. The number of likely N-dealkylation sites (tertiary alicyclic amines) is 1. The minimum absolute atomic E-state index is 0.0587. The van der Waals surface area contributed by atoms with Crippen molar-refractivity contribution < 1.29 is 4.79 Å². The first-order valence-corrected chi connectivity index (χ1v) is 11.7. The SMILES string of the molecule is Cc1ccc(-n2nc(-c3ccccc3)cc2C(=O)N2CCC(Cc3ccccc3)CC2)cc1. The summed E-state index contributed by atoms with van der Waals surface area (Å²) in [6.07, 6.45) is 3.15. The van der Waals surface area contributed by atoms with E-state index < -0.39 is 0 Å². The number of amides is 1. The Morgan fingerprint density at radius 3 is 2.18 bits per heavy atom. The first-order valence-electron chi connectivity index (χ1n) is 11.7. The minimum Gasteiger partial charge on any atom is -0.337 e. The van der Waals surface area contributed by atoms with Crippen LogP contribution in [0.3, 0.4) is 0 Å². The van der Waals surface area contributed by atoms with E-state index in [0.717, 1.165) is 49.3 Å². The van der Waals surface area contributed by atoms with Gasteiger partial charge in [0.2, 0.25) is 0 Å². The highest BCUT2D eigenvalue weighted by atomic mass is 16.2. The number of benzene rings is 3. The summed E-state index contributed by atoms with van der Waals surface area (Å²) in [5, 5.41) is 4.84. The molecular formula is C29H29N3O. The number of aromatic nitrogens is 2. The Labute approximate surface area is 195 Å². The Hall–Kier alpha value is -3.66. The van der Waals surface area contributed by atoms with Gasteiger partial charge >= 0.3 is 0 Å². The topological polar surface area (TPSA) is 38.1 Å². The zero-order chi connectivity index (χ0) is 22.6. The molecule has 1 fully saturated rings. The molecule has 33 heavy (non-hydrogen) atoms. The van der Waals surface area contributed by atoms with E-state index in [4.69, 9.17) is 5.10 Å². The smallest absolute Gasteiger partial charge is 0.272 e. The number of nitrogens with zero attached hydrogens (tertiary/aromatic N) is 3. The predicted octanol–water partition coefficient (Wildman–Crippen LogP) is 5.94. The van der Waals surface area contributed by atoms with Crippen molar-refractivity contribution in [3.8, 4) is 16.9 Å². The molecule has 2 heterocycles. The molecule has 166 valence electrons. The third kappa shape index (κ3) is 4.75. The number of carbonyl (C=O) groups is 1. The molecule has 1 aliphatic rings. The van der Waals surface area contributed by atoms with Gasteiger partial charge in [0.1, 0.15) is 5.69 Å². The van der Waals surface area contributed by atoms with E-state index >= 15 is 0 Å². The molecule has 3 aromatic carbocycles. The Kier molecular flexibility index (Phi) is 6.07.